The van der Waals surface area contributed by atoms with Gasteiger partial charge in [-0.1, -0.05) is 0 Å². The third kappa shape index (κ3) is 5.23. The molecule has 0 unspecified atom stereocenters. The van der Waals surface area contributed by atoms with Crippen molar-refractivity contribution < 1.29 is 14.3 Å². The summed E-state index contributed by atoms with van der Waals surface area (Å²) in [6.45, 7) is 6.58. The fourth-order valence-corrected chi connectivity index (χ4v) is 3.56. The highest BCUT2D eigenvalue weighted by Crippen LogP contribution is 2.30. The van der Waals surface area contributed by atoms with E-state index < -0.39 is 0 Å². The van der Waals surface area contributed by atoms with Gasteiger partial charge in [-0.3, -0.25) is 9.59 Å². The second-order valence-corrected chi connectivity index (χ2v) is 7.49. The van der Waals surface area contributed by atoms with Gasteiger partial charge in [0, 0.05) is 22.7 Å². The number of anilines is 1. The van der Waals surface area contributed by atoms with E-state index >= 15 is 0 Å². The Labute approximate surface area is 172 Å². The molecule has 0 aliphatic heterocycles. The van der Waals surface area contributed by atoms with Gasteiger partial charge in [0.15, 0.2) is 11.5 Å². The summed E-state index contributed by atoms with van der Waals surface area (Å²) in [5.41, 5.74) is 0.883. The first-order chi connectivity index (χ1) is 14.0. The molecule has 8 heteroatoms. The van der Waals surface area contributed by atoms with Crippen molar-refractivity contribution in [3.05, 3.63) is 57.7 Å². The Morgan fingerprint density at radius 2 is 1.83 bits per heavy atom. The van der Waals surface area contributed by atoms with Crippen molar-refractivity contribution in [3.63, 3.8) is 0 Å². The van der Waals surface area contributed by atoms with Gasteiger partial charge < -0.3 is 14.8 Å². The zero-order valence-corrected chi connectivity index (χ0v) is 17.4. The van der Waals surface area contributed by atoms with E-state index in [0.29, 0.717) is 36.1 Å². The fraction of sp³-hybridized carbons (Fsp3) is 0.286. The first kappa shape index (κ1) is 20.6. The molecule has 3 rings (SSSR count). The van der Waals surface area contributed by atoms with Gasteiger partial charge in [-0.15, -0.1) is 11.3 Å². The number of ether oxygens (including phenoxy) is 2. The molecule has 7 nitrogen and oxygen atoms in total. The van der Waals surface area contributed by atoms with Gasteiger partial charge in [-0.25, -0.2) is 4.68 Å². The van der Waals surface area contributed by atoms with Gasteiger partial charge in [0.1, 0.15) is 12.2 Å². The molecule has 0 radical (unpaired) electrons. The van der Waals surface area contributed by atoms with Crippen LogP contribution in [0.1, 0.15) is 18.7 Å². The van der Waals surface area contributed by atoms with Crippen LogP contribution in [0.15, 0.2) is 47.3 Å². The molecule has 0 aliphatic carbocycles. The number of aromatic nitrogens is 2. The van der Waals surface area contributed by atoms with Crippen molar-refractivity contribution in [2.24, 2.45) is 0 Å². The molecule has 2 heterocycles. The van der Waals surface area contributed by atoms with Gasteiger partial charge in [-0.2, -0.15) is 5.10 Å². The maximum Gasteiger partial charge on any atom is 0.267 e. The number of nitrogens with zero attached hydrogens (tertiary/aromatic N) is 2. The van der Waals surface area contributed by atoms with E-state index in [1.807, 2.05) is 32.9 Å². The number of amides is 1. The molecule has 2 aromatic heterocycles. The Morgan fingerprint density at radius 1 is 1.07 bits per heavy atom. The van der Waals surface area contributed by atoms with E-state index in [0.717, 1.165) is 14.4 Å². The summed E-state index contributed by atoms with van der Waals surface area (Å²) < 4.78 is 12.3. The number of benzene rings is 1. The van der Waals surface area contributed by atoms with Crippen LogP contribution in [0.4, 0.5) is 5.69 Å². The summed E-state index contributed by atoms with van der Waals surface area (Å²) >= 11 is 1.58. The maximum absolute atomic E-state index is 12.5. The van der Waals surface area contributed by atoms with E-state index in [1.54, 1.807) is 35.6 Å². The Bertz CT molecular complexity index is 1060. The molecule has 0 spiro atoms. The molecule has 1 aromatic carbocycles. The number of aryl methyl sites for hydroxylation is 1. The Hall–Kier alpha value is -3.13. The minimum Gasteiger partial charge on any atom is -0.490 e. The molecule has 0 aliphatic rings. The van der Waals surface area contributed by atoms with Crippen LogP contribution < -0.4 is 20.3 Å². The fourth-order valence-electron chi connectivity index (χ4n) is 2.73. The molecule has 1 amide bonds. The van der Waals surface area contributed by atoms with E-state index in [4.69, 9.17) is 9.47 Å². The number of nitrogens with one attached hydrogen (secondary N) is 1. The molecule has 0 saturated heterocycles. The number of carbonyl (C=O) groups excluding carboxylic acids is 1. The van der Waals surface area contributed by atoms with E-state index in [1.165, 1.54) is 6.07 Å². The van der Waals surface area contributed by atoms with Gasteiger partial charge in [0.25, 0.3) is 5.56 Å². The van der Waals surface area contributed by atoms with Crippen molar-refractivity contribution >= 4 is 22.9 Å². The van der Waals surface area contributed by atoms with E-state index in [9.17, 15) is 9.59 Å². The lowest BCUT2D eigenvalue weighted by Crippen LogP contribution is -2.29. The van der Waals surface area contributed by atoms with Crippen LogP contribution in [0.5, 0.6) is 11.5 Å². The standard InChI is InChI=1S/C21H23N3O4S/c1-4-27-17-9-7-15(12-18(17)28-5-2)22-20(25)13-24-21(26)11-8-16(23-24)19-10-6-14(3)29-19/h6-12H,4-5,13H2,1-3H3,(H,22,25). The first-order valence-electron chi connectivity index (χ1n) is 9.34. The second kappa shape index (κ2) is 9.38. The van der Waals surface area contributed by atoms with Crippen molar-refractivity contribution in [1.82, 2.24) is 9.78 Å². The highest BCUT2D eigenvalue weighted by atomic mass is 32.1. The van der Waals surface area contributed by atoms with E-state index in [-0.39, 0.29) is 18.0 Å². The van der Waals surface area contributed by atoms with Crippen LogP contribution in [0.2, 0.25) is 0 Å². The Balaban J connectivity index is 1.75. The van der Waals surface area contributed by atoms with Gasteiger partial charge in [0.2, 0.25) is 5.91 Å². The van der Waals surface area contributed by atoms with Crippen LogP contribution >= 0.6 is 11.3 Å². The molecule has 29 heavy (non-hydrogen) atoms. The lowest BCUT2D eigenvalue weighted by atomic mass is 10.2. The molecular weight excluding hydrogens is 390 g/mol. The minimum absolute atomic E-state index is 0.186. The molecular formula is C21H23N3O4S. The number of hydrogen-bond acceptors (Lipinski definition) is 6. The molecule has 0 fully saturated rings. The monoisotopic (exact) mass is 413 g/mol. The highest BCUT2D eigenvalue weighted by Gasteiger charge is 2.12. The predicted molar refractivity (Wildman–Crippen MR) is 114 cm³/mol. The lowest BCUT2D eigenvalue weighted by Gasteiger charge is -2.13. The summed E-state index contributed by atoms with van der Waals surface area (Å²) in [7, 11) is 0. The number of hydrogen-bond donors (Lipinski definition) is 1. The summed E-state index contributed by atoms with van der Waals surface area (Å²) in [4.78, 5) is 26.7. The topological polar surface area (TPSA) is 82.5 Å². The third-order valence-electron chi connectivity index (χ3n) is 3.98. The molecule has 3 aromatic rings. The van der Waals surface area contributed by atoms with Crippen molar-refractivity contribution in [3.8, 4) is 22.1 Å². The lowest BCUT2D eigenvalue weighted by molar-refractivity contribution is -0.117. The molecule has 0 saturated carbocycles. The molecule has 152 valence electrons. The number of carbonyl (C=O) groups is 1. The SMILES string of the molecule is CCOc1ccc(NC(=O)Cn2nc(-c3ccc(C)s3)ccc2=O)cc1OCC. The van der Waals surface area contributed by atoms with E-state index in [2.05, 4.69) is 10.4 Å². The average molecular weight is 413 g/mol. The van der Waals surface area contributed by atoms with Gasteiger partial charge in [-0.05, 0) is 51.1 Å². The van der Waals surface area contributed by atoms with Crippen molar-refractivity contribution in [2.75, 3.05) is 18.5 Å². The Morgan fingerprint density at radius 3 is 2.52 bits per heavy atom. The highest BCUT2D eigenvalue weighted by molar-refractivity contribution is 7.15. The number of thiophene rings is 1. The maximum atomic E-state index is 12.5. The number of rotatable bonds is 8. The second-order valence-electron chi connectivity index (χ2n) is 6.20. The molecule has 1 N–H and O–H groups in total. The molecule has 0 atom stereocenters. The van der Waals surface area contributed by atoms with Gasteiger partial charge >= 0.3 is 0 Å². The van der Waals surface area contributed by atoms with Crippen molar-refractivity contribution in [1.29, 1.82) is 0 Å². The smallest absolute Gasteiger partial charge is 0.267 e. The zero-order chi connectivity index (χ0) is 20.8. The first-order valence-corrected chi connectivity index (χ1v) is 10.2. The summed E-state index contributed by atoms with van der Waals surface area (Å²) in [6, 6.07) is 12.2. The van der Waals surface area contributed by atoms with Crippen LogP contribution in [0, 0.1) is 6.92 Å². The zero-order valence-electron chi connectivity index (χ0n) is 16.6. The summed E-state index contributed by atoms with van der Waals surface area (Å²) in [6.07, 6.45) is 0. The minimum atomic E-state index is -0.356. The van der Waals surface area contributed by atoms with Crippen molar-refractivity contribution in [2.45, 2.75) is 27.3 Å². The van der Waals surface area contributed by atoms with Gasteiger partial charge in [0.05, 0.1) is 18.1 Å². The average Bonchev–Trinajstić information content (AvgIpc) is 3.12. The summed E-state index contributed by atoms with van der Waals surface area (Å²) in [5.74, 6) is 0.812. The van der Waals surface area contributed by atoms with Crippen LogP contribution in [-0.4, -0.2) is 28.9 Å². The Kier molecular flexibility index (Phi) is 6.66. The quantitative estimate of drug-likeness (QED) is 0.609. The molecule has 0 bridgehead atoms. The van der Waals surface area contributed by atoms with Crippen LogP contribution in [-0.2, 0) is 11.3 Å². The van der Waals surface area contributed by atoms with Crippen LogP contribution in [0.3, 0.4) is 0 Å². The summed E-state index contributed by atoms with van der Waals surface area (Å²) in [5, 5.41) is 7.11. The van der Waals surface area contributed by atoms with Crippen LogP contribution in [0.25, 0.3) is 10.6 Å². The normalized spacial score (nSPS) is 10.6. The largest absolute Gasteiger partial charge is 0.490 e. The third-order valence-corrected chi connectivity index (χ3v) is 5.00. The predicted octanol–water partition coefficient (Wildman–Crippen LogP) is 3.72.